The van der Waals surface area contributed by atoms with E-state index in [0.717, 1.165) is 30.0 Å². The summed E-state index contributed by atoms with van der Waals surface area (Å²) in [6.45, 7) is 3.46. The molecule has 3 aromatic rings. The first kappa shape index (κ1) is 19.1. The van der Waals surface area contributed by atoms with Crippen molar-refractivity contribution in [1.82, 2.24) is 15.2 Å². The Morgan fingerprint density at radius 2 is 1.93 bits per heavy atom. The molecule has 146 valence electrons. The zero-order valence-electron chi connectivity index (χ0n) is 15.9. The van der Waals surface area contributed by atoms with Gasteiger partial charge in [0.2, 0.25) is 5.91 Å². The predicted octanol–water partition coefficient (Wildman–Crippen LogP) is 2.63. The fraction of sp³-hybridized carbons (Fsp3) is 0.364. The minimum absolute atomic E-state index is 0.0746. The smallest absolute Gasteiger partial charge is 0.234 e. The summed E-state index contributed by atoms with van der Waals surface area (Å²) < 4.78 is 1.20. The average molecular weight is 395 g/mol. The number of para-hydroxylation sites is 1. The molecule has 1 fully saturated rings. The molecule has 28 heavy (non-hydrogen) atoms. The van der Waals surface area contributed by atoms with Gasteiger partial charge in [-0.3, -0.25) is 9.69 Å². The van der Waals surface area contributed by atoms with Crippen molar-refractivity contribution in [2.75, 3.05) is 32.7 Å². The number of hydrogen-bond acceptors (Lipinski definition) is 5. The van der Waals surface area contributed by atoms with Gasteiger partial charge in [0.25, 0.3) is 0 Å². The Hall–Kier alpha value is -2.28. The van der Waals surface area contributed by atoms with Crippen molar-refractivity contribution in [3.63, 3.8) is 0 Å². The van der Waals surface area contributed by atoms with E-state index >= 15 is 0 Å². The predicted molar refractivity (Wildman–Crippen MR) is 115 cm³/mol. The highest BCUT2D eigenvalue weighted by atomic mass is 32.1. The Morgan fingerprint density at radius 1 is 1.14 bits per heavy atom. The van der Waals surface area contributed by atoms with E-state index in [0.29, 0.717) is 31.5 Å². The van der Waals surface area contributed by atoms with Crippen molar-refractivity contribution in [1.29, 1.82) is 0 Å². The molecule has 1 saturated heterocycles. The molecule has 0 unspecified atom stereocenters. The molecule has 5 nitrogen and oxygen atoms in total. The first-order valence-corrected chi connectivity index (χ1v) is 10.6. The third-order valence-corrected chi connectivity index (χ3v) is 6.51. The van der Waals surface area contributed by atoms with Gasteiger partial charge in [0, 0.05) is 32.0 Å². The Morgan fingerprint density at radius 3 is 2.71 bits per heavy atom. The van der Waals surface area contributed by atoms with E-state index in [-0.39, 0.29) is 5.91 Å². The minimum Gasteiger partial charge on any atom is -0.355 e. The molecule has 2 aromatic carbocycles. The second-order valence-corrected chi connectivity index (χ2v) is 8.50. The molecular weight excluding hydrogens is 368 g/mol. The fourth-order valence-corrected chi connectivity index (χ4v) is 4.97. The molecule has 3 N–H and O–H groups in total. The topological polar surface area (TPSA) is 71.2 Å². The number of hydrogen-bond donors (Lipinski definition) is 2. The van der Waals surface area contributed by atoms with Crippen LogP contribution in [-0.2, 0) is 11.2 Å². The van der Waals surface area contributed by atoms with Crippen LogP contribution < -0.4 is 11.1 Å². The first-order valence-electron chi connectivity index (χ1n) is 9.81. The summed E-state index contributed by atoms with van der Waals surface area (Å²) in [5.74, 6) is 0.880. The largest absolute Gasteiger partial charge is 0.355 e. The third-order valence-electron chi connectivity index (χ3n) is 5.41. The van der Waals surface area contributed by atoms with Gasteiger partial charge in [-0.2, -0.15) is 0 Å². The van der Waals surface area contributed by atoms with Gasteiger partial charge < -0.3 is 11.1 Å². The maximum absolute atomic E-state index is 12.4. The lowest BCUT2D eigenvalue weighted by atomic mass is 9.89. The molecule has 0 saturated carbocycles. The Bertz CT molecular complexity index is 893. The van der Waals surface area contributed by atoms with Crippen LogP contribution in [0.2, 0.25) is 0 Å². The average Bonchev–Trinajstić information content (AvgIpc) is 3.32. The number of nitrogens with two attached hydrogens (primary N) is 1. The van der Waals surface area contributed by atoms with Gasteiger partial charge in [0.15, 0.2) is 0 Å². The molecule has 2 heterocycles. The monoisotopic (exact) mass is 394 g/mol. The van der Waals surface area contributed by atoms with Gasteiger partial charge in [-0.25, -0.2) is 4.98 Å². The third kappa shape index (κ3) is 4.41. The SMILES string of the molecule is NC[C@@H]1CN(CC(=O)NCCc2nc3ccccc3s2)C[C@H]1c1ccccc1. The highest BCUT2D eigenvalue weighted by Gasteiger charge is 2.33. The van der Waals surface area contributed by atoms with Crippen LogP contribution in [0, 0.1) is 5.92 Å². The van der Waals surface area contributed by atoms with Gasteiger partial charge >= 0.3 is 0 Å². The summed E-state index contributed by atoms with van der Waals surface area (Å²) in [5, 5.41) is 4.11. The maximum Gasteiger partial charge on any atom is 0.234 e. The number of fused-ring (bicyclic) bond motifs is 1. The van der Waals surface area contributed by atoms with Crippen LogP contribution in [0.15, 0.2) is 54.6 Å². The second-order valence-electron chi connectivity index (χ2n) is 7.38. The van der Waals surface area contributed by atoms with E-state index in [1.165, 1.54) is 10.3 Å². The van der Waals surface area contributed by atoms with Crippen LogP contribution in [0.1, 0.15) is 16.5 Å². The van der Waals surface area contributed by atoms with Gasteiger partial charge in [0.1, 0.15) is 0 Å². The molecular formula is C22H26N4OS. The number of carbonyl (C=O) groups is 1. The Balaban J connectivity index is 1.26. The lowest BCUT2D eigenvalue weighted by Gasteiger charge is -2.16. The Labute approximate surface area is 169 Å². The van der Waals surface area contributed by atoms with Gasteiger partial charge in [-0.05, 0) is 30.2 Å². The molecule has 0 radical (unpaired) electrons. The fourth-order valence-electron chi connectivity index (χ4n) is 4.00. The molecule has 1 aromatic heterocycles. The number of aromatic nitrogens is 1. The van der Waals surface area contributed by atoms with Crippen molar-refractivity contribution >= 4 is 27.5 Å². The van der Waals surface area contributed by atoms with Crippen molar-refractivity contribution in [3.05, 3.63) is 65.2 Å². The van der Waals surface area contributed by atoms with Crippen LogP contribution in [0.5, 0.6) is 0 Å². The summed E-state index contributed by atoms with van der Waals surface area (Å²) in [4.78, 5) is 19.2. The normalized spacial score (nSPS) is 19.9. The summed E-state index contributed by atoms with van der Waals surface area (Å²) in [6, 6.07) is 18.6. The number of thiazole rings is 1. The molecule has 4 rings (SSSR count). The van der Waals surface area contributed by atoms with E-state index in [1.807, 2.05) is 24.3 Å². The molecule has 2 atom stereocenters. The zero-order chi connectivity index (χ0) is 19.3. The molecule has 0 bridgehead atoms. The maximum atomic E-state index is 12.4. The van der Waals surface area contributed by atoms with Gasteiger partial charge in [-0.1, -0.05) is 42.5 Å². The molecule has 6 heteroatoms. The zero-order valence-corrected chi connectivity index (χ0v) is 16.7. The summed E-state index contributed by atoms with van der Waals surface area (Å²) in [7, 11) is 0. The van der Waals surface area contributed by atoms with E-state index in [2.05, 4.69) is 45.5 Å². The van der Waals surface area contributed by atoms with Gasteiger partial charge in [-0.15, -0.1) is 11.3 Å². The van der Waals surface area contributed by atoms with Crippen molar-refractivity contribution in [3.8, 4) is 0 Å². The summed E-state index contributed by atoms with van der Waals surface area (Å²) in [6.07, 6.45) is 0.767. The lowest BCUT2D eigenvalue weighted by molar-refractivity contribution is -0.122. The standard InChI is InChI=1S/C22H26N4OS/c23-12-17-13-26(14-18(17)16-6-2-1-3-7-16)15-21(27)24-11-10-22-25-19-8-4-5-9-20(19)28-22/h1-9,17-18H,10-15,23H2,(H,24,27)/t17-,18+/m1/s1. The first-order chi connectivity index (χ1) is 13.7. The number of rotatable bonds is 7. The lowest BCUT2D eigenvalue weighted by Crippen LogP contribution is -2.37. The van der Waals surface area contributed by atoms with E-state index in [4.69, 9.17) is 5.73 Å². The van der Waals surface area contributed by atoms with Crippen LogP contribution in [0.4, 0.5) is 0 Å². The second kappa shape index (κ2) is 8.82. The van der Waals surface area contributed by atoms with Gasteiger partial charge in [0.05, 0.1) is 21.8 Å². The highest BCUT2D eigenvalue weighted by Crippen LogP contribution is 2.31. The molecule has 1 aliphatic heterocycles. The van der Waals surface area contributed by atoms with E-state index < -0.39 is 0 Å². The molecule has 0 aliphatic carbocycles. The number of likely N-dealkylation sites (tertiary alicyclic amines) is 1. The van der Waals surface area contributed by atoms with Crippen LogP contribution in [0.3, 0.4) is 0 Å². The van der Waals surface area contributed by atoms with E-state index in [1.54, 1.807) is 11.3 Å². The summed E-state index contributed by atoms with van der Waals surface area (Å²) >= 11 is 1.70. The van der Waals surface area contributed by atoms with E-state index in [9.17, 15) is 4.79 Å². The van der Waals surface area contributed by atoms with Crippen molar-refractivity contribution < 1.29 is 4.79 Å². The quantitative estimate of drug-likeness (QED) is 0.646. The van der Waals surface area contributed by atoms with Crippen molar-refractivity contribution in [2.24, 2.45) is 11.7 Å². The summed E-state index contributed by atoms with van der Waals surface area (Å²) in [5.41, 5.74) is 8.35. The molecule has 1 aliphatic rings. The van der Waals surface area contributed by atoms with Crippen LogP contribution >= 0.6 is 11.3 Å². The Kier molecular flexibility index (Phi) is 6.00. The van der Waals surface area contributed by atoms with Crippen LogP contribution in [-0.4, -0.2) is 48.5 Å². The number of benzene rings is 2. The van der Waals surface area contributed by atoms with Crippen molar-refractivity contribution in [2.45, 2.75) is 12.3 Å². The number of carbonyl (C=O) groups excluding carboxylic acids is 1. The van der Waals surface area contributed by atoms with Crippen LogP contribution in [0.25, 0.3) is 10.2 Å². The number of nitrogens with zero attached hydrogens (tertiary/aromatic N) is 2. The highest BCUT2D eigenvalue weighted by molar-refractivity contribution is 7.18. The number of nitrogens with one attached hydrogen (secondary N) is 1. The minimum atomic E-state index is 0.0746. The molecule has 1 amide bonds. The number of amides is 1. The molecule has 0 spiro atoms.